The molecule has 0 aliphatic carbocycles. The van der Waals surface area contributed by atoms with Crippen molar-refractivity contribution in [2.24, 2.45) is 5.73 Å². The number of aliphatic hydroxyl groups is 1. The third kappa shape index (κ3) is 2.76. The molecule has 0 spiro atoms. The number of hydrogen-bond donors (Lipinski definition) is 2. The van der Waals surface area contributed by atoms with Crippen LogP contribution in [0.3, 0.4) is 0 Å². The van der Waals surface area contributed by atoms with Crippen molar-refractivity contribution in [3.8, 4) is 0 Å². The Bertz CT molecular complexity index is 75.3. The molecule has 0 aromatic rings. The molecular weight excluding hydrogens is 161 g/mol. The summed E-state index contributed by atoms with van der Waals surface area (Å²) >= 11 is 2.17. The maximum atomic E-state index is 10.0. The van der Waals surface area contributed by atoms with E-state index in [9.17, 15) is 4.79 Å². The van der Waals surface area contributed by atoms with Crippen molar-refractivity contribution >= 4 is 20.7 Å². The van der Waals surface area contributed by atoms with E-state index in [0.717, 1.165) is 0 Å². The predicted octanol–water partition coefficient (Wildman–Crippen LogP) is -2.00. The molecule has 7 heavy (non-hydrogen) atoms. The summed E-state index contributed by atoms with van der Waals surface area (Å²) in [5, 5.41) is 8.14. The molecule has 0 rings (SSSR count). The third-order valence-electron chi connectivity index (χ3n) is 0.499. The van der Waals surface area contributed by atoms with Crippen molar-refractivity contribution in [1.82, 2.24) is 0 Å². The average molecular weight is 167 g/mol. The van der Waals surface area contributed by atoms with Gasteiger partial charge in [-0.05, 0) is 0 Å². The van der Waals surface area contributed by atoms with Gasteiger partial charge in [0.1, 0.15) is 0 Å². The van der Waals surface area contributed by atoms with Gasteiger partial charge in [-0.15, -0.1) is 0 Å². The predicted molar refractivity (Wildman–Crippen MR) is 25.8 cm³/mol. The SMILES string of the molecule is N[C@@H](CO)C(=O)[Se]. The van der Waals surface area contributed by atoms with Gasteiger partial charge < -0.3 is 0 Å². The Hall–Kier alpha value is 0.109. The van der Waals surface area contributed by atoms with Gasteiger partial charge in [-0.1, -0.05) is 0 Å². The zero-order chi connectivity index (χ0) is 5.86. The Morgan fingerprint density at radius 1 is 2.00 bits per heavy atom. The first-order valence-electron chi connectivity index (χ1n) is 1.75. The molecule has 0 heterocycles. The van der Waals surface area contributed by atoms with Crippen LogP contribution in [0, 0.1) is 0 Å². The molecule has 0 aromatic heterocycles. The van der Waals surface area contributed by atoms with Crippen molar-refractivity contribution < 1.29 is 9.90 Å². The van der Waals surface area contributed by atoms with Crippen LogP contribution in [-0.4, -0.2) is 38.4 Å². The van der Waals surface area contributed by atoms with Crippen molar-refractivity contribution in [3.05, 3.63) is 0 Å². The van der Waals surface area contributed by atoms with Gasteiger partial charge in [0.05, 0.1) is 0 Å². The van der Waals surface area contributed by atoms with Crippen LogP contribution < -0.4 is 5.73 Å². The molecule has 0 aliphatic heterocycles. The Morgan fingerprint density at radius 2 is 2.43 bits per heavy atom. The van der Waals surface area contributed by atoms with E-state index >= 15 is 0 Å². The van der Waals surface area contributed by atoms with Crippen molar-refractivity contribution in [1.29, 1.82) is 0 Å². The Labute approximate surface area is 49.7 Å². The number of carbonyl (C=O) groups is 1. The first-order valence-corrected chi connectivity index (χ1v) is 2.61. The van der Waals surface area contributed by atoms with Crippen LogP contribution in [0.1, 0.15) is 0 Å². The minimum absolute atomic E-state index is 0.286. The monoisotopic (exact) mass is 168 g/mol. The van der Waals surface area contributed by atoms with Gasteiger partial charge in [0, 0.05) is 0 Å². The number of aliphatic hydroxyl groups excluding tert-OH is 1. The van der Waals surface area contributed by atoms with E-state index < -0.39 is 6.04 Å². The second-order valence-corrected chi connectivity index (χ2v) is 1.95. The van der Waals surface area contributed by atoms with E-state index in [4.69, 9.17) is 10.8 Å². The summed E-state index contributed by atoms with van der Waals surface area (Å²) in [4.78, 5) is 10.0. The molecule has 3 nitrogen and oxygen atoms in total. The first-order chi connectivity index (χ1) is 3.18. The first kappa shape index (κ1) is 7.11. The normalized spacial score (nSPS) is 13.4. The maximum absolute atomic E-state index is 10.0. The minimum atomic E-state index is -0.736. The third-order valence-corrected chi connectivity index (χ3v) is 1.13. The Balaban J connectivity index is 3.34. The molecule has 0 aromatic carbocycles. The van der Waals surface area contributed by atoms with Crippen LogP contribution in [0.2, 0.25) is 0 Å². The van der Waals surface area contributed by atoms with E-state index in [1.165, 1.54) is 0 Å². The van der Waals surface area contributed by atoms with Crippen LogP contribution in [-0.2, 0) is 4.79 Å². The Morgan fingerprint density at radius 3 is 2.43 bits per heavy atom. The van der Waals surface area contributed by atoms with Gasteiger partial charge in [-0.25, -0.2) is 0 Å². The summed E-state index contributed by atoms with van der Waals surface area (Å²) in [6.45, 7) is -0.286. The van der Waals surface area contributed by atoms with Gasteiger partial charge >= 0.3 is 49.0 Å². The molecule has 4 heteroatoms. The number of nitrogens with two attached hydrogens (primary N) is 1. The van der Waals surface area contributed by atoms with Gasteiger partial charge in [0.2, 0.25) is 0 Å². The average Bonchev–Trinajstić information content (AvgIpc) is 1.65. The van der Waals surface area contributed by atoms with Crippen LogP contribution in [0.15, 0.2) is 0 Å². The standard InChI is InChI=1S/C3H6NO2Se/c4-2(1-5)3(6)7/h2,5H,1,4H2/t2-/m0/s1. The summed E-state index contributed by atoms with van der Waals surface area (Å²) < 4.78 is -0.303. The number of rotatable bonds is 2. The zero-order valence-electron chi connectivity index (χ0n) is 3.63. The van der Waals surface area contributed by atoms with Gasteiger partial charge in [0.15, 0.2) is 0 Å². The molecule has 1 radical (unpaired) electrons. The van der Waals surface area contributed by atoms with E-state index in [1.54, 1.807) is 0 Å². The van der Waals surface area contributed by atoms with Crippen molar-refractivity contribution in [2.45, 2.75) is 6.04 Å². The Kier molecular flexibility index (Phi) is 3.20. The fourth-order valence-electron chi connectivity index (χ4n) is 0.0745. The number of carbonyl (C=O) groups excluding carboxylic acids is 1. The van der Waals surface area contributed by atoms with Crippen LogP contribution in [0.25, 0.3) is 0 Å². The summed E-state index contributed by atoms with van der Waals surface area (Å²) in [5.41, 5.74) is 4.98. The van der Waals surface area contributed by atoms with Crippen molar-refractivity contribution in [2.75, 3.05) is 6.61 Å². The molecule has 0 aliphatic rings. The quantitative estimate of drug-likeness (QED) is 0.467. The second-order valence-electron chi connectivity index (χ2n) is 1.11. The summed E-state index contributed by atoms with van der Waals surface area (Å²) in [6, 6.07) is -0.736. The molecular formula is C3H6NO2Se. The van der Waals surface area contributed by atoms with Crippen LogP contribution >= 0.6 is 0 Å². The van der Waals surface area contributed by atoms with Gasteiger partial charge in [-0.2, -0.15) is 0 Å². The number of hydrogen-bond acceptors (Lipinski definition) is 3. The molecule has 0 bridgehead atoms. The second kappa shape index (κ2) is 3.16. The molecule has 3 N–H and O–H groups in total. The molecule has 41 valence electrons. The van der Waals surface area contributed by atoms with Gasteiger partial charge in [-0.3, -0.25) is 0 Å². The molecule has 0 unspecified atom stereocenters. The molecule has 0 fully saturated rings. The topological polar surface area (TPSA) is 63.3 Å². The van der Waals surface area contributed by atoms with Crippen LogP contribution in [0.5, 0.6) is 0 Å². The van der Waals surface area contributed by atoms with Crippen LogP contribution in [0.4, 0.5) is 0 Å². The summed E-state index contributed by atoms with van der Waals surface area (Å²) in [7, 11) is 0. The van der Waals surface area contributed by atoms with E-state index in [0.29, 0.717) is 0 Å². The summed E-state index contributed by atoms with van der Waals surface area (Å²) in [5.74, 6) is 0. The molecule has 0 saturated carbocycles. The van der Waals surface area contributed by atoms with Crippen molar-refractivity contribution in [3.63, 3.8) is 0 Å². The fraction of sp³-hybridized carbons (Fsp3) is 0.667. The van der Waals surface area contributed by atoms with E-state index in [1.807, 2.05) is 0 Å². The molecule has 0 saturated heterocycles. The summed E-state index contributed by atoms with van der Waals surface area (Å²) in [6.07, 6.45) is 0. The van der Waals surface area contributed by atoms with E-state index in [2.05, 4.69) is 16.0 Å². The zero-order valence-corrected chi connectivity index (χ0v) is 5.34. The molecule has 0 amide bonds. The fourth-order valence-corrected chi connectivity index (χ4v) is 0.231. The van der Waals surface area contributed by atoms with Gasteiger partial charge in [0.25, 0.3) is 0 Å². The molecule has 1 atom stereocenters. The van der Waals surface area contributed by atoms with E-state index in [-0.39, 0.29) is 11.3 Å².